The Kier molecular flexibility index (Phi) is 4.33. The van der Waals surface area contributed by atoms with Gasteiger partial charge in [0, 0.05) is 38.0 Å². The van der Waals surface area contributed by atoms with Crippen molar-refractivity contribution in [1.29, 1.82) is 0 Å². The van der Waals surface area contributed by atoms with Crippen LogP contribution in [-0.4, -0.2) is 33.7 Å². The third-order valence-corrected chi connectivity index (χ3v) is 4.31. The first-order chi connectivity index (χ1) is 13.1. The summed E-state index contributed by atoms with van der Waals surface area (Å²) in [4.78, 5) is 23.3. The number of nitrogens with zero attached hydrogens (tertiary/aromatic N) is 4. The van der Waals surface area contributed by atoms with Gasteiger partial charge in [0.1, 0.15) is 0 Å². The second-order valence-electron chi connectivity index (χ2n) is 6.47. The lowest BCUT2D eigenvalue weighted by molar-refractivity contribution is 0.897. The fourth-order valence-corrected chi connectivity index (χ4v) is 2.81. The molecule has 136 valence electrons. The number of fused-ring (bicyclic) bond motifs is 1. The Morgan fingerprint density at radius 3 is 2.48 bits per heavy atom. The summed E-state index contributed by atoms with van der Waals surface area (Å²) in [5.74, 6) is 0.841. The molecule has 0 radical (unpaired) electrons. The molecule has 2 N–H and O–H groups in total. The molecular weight excluding hydrogens is 340 g/mol. The molecule has 0 fully saturated rings. The SMILES string of the molecule is CN(C)c1ccc(CNc2nc3nc(-c4ccccc4)cc(=O)n3[nH]2)cc1. The van der Waals surface area contributed by atoms with Crippen LogP contribution in [0.25, 0.3) is 17.0 Å². The molecule has 0 atom stereocenters. The number of hydrogen-bond acceptors (Lipinski definition) is 5. The Hall–Kier alpha value is -3.61. The number of anilines is 2. The predicted octanol–water partition coefficient (Wildman–Crippen LogP) is 2.76. The van der Waals surface area contributed by atoms with E-state index >= 15 is 0 Å². The van der Waals surface area contributed by atoms with Crippen molar-refractivity contribution in [3.05, 3.63) is 76.6 Å². The van der Waals surface area contributed by atoms with Crippen molar-refractivity contribution in [2.24, 2.45) is 0 Å². The van der Waals surface area contributed by atoms with E-state index in [2.05, 4.69) is 49.5 Å². The smallest absolute Gasteiger partial charge is 0.274 e. The van der Waals surface area contributed by atoms with Gasteiger partial charge < -0.3 is 10.2 Å². The first-order valence-electron chi connectivity index (χ1n) is 8.65. The molecule has 0 amide bonds. The van der Waals surface area contributed by atoms with E-state index in [9.17, 15) is 4.79 Å². The van der Waals surface area contributed by atoms with Gasteiger partial charge in [0.25, 0.3) is 11.3 Å². The molecule has 0 saturated heterocycles. The molecule has 7 heteroatoms. The van der Waals surface area contributed by atoms with Crippen LogP contribution in [0, 0.1) is 0 Å². The van der Waals surface area contributed by atoms with Gasteiger partial charge >= 0.3 is 0 Å². The Labute approximate surface area is 156 Å². The zero-order valence-electron chi connectivity index (χ0n) is 15.2. The molecule has 0 spiro atoms. The van der Waals surface area contributed by atoms with Gasteiger partial charge in [0.2, 0.25) is 5.95 Å². The molecule has 4 aromatic rings. The number of benzene rings is 2. The van der Waals surface area contributed by atoms with E-state index in [0.717, 1.165) is 16.8 Å². The van der Waals surface area contributed by atoms with Crippen LogP contribution in [-0.2, 0) is 6.54 Å². The monoisotopic (exact) mass is 360 g/mol. The molecule has 0 aliphatic rings. The maximum absolute atomic E-state index is 12.4. The highest BCUT2D eigenvalue weighted by atomic mass is 16.1. The maximum Gasteiger partial charge on any atom is 0.274 e. The molecule has 27 heavy (non-hydrogen) atoms. The largest absolute Gasteiger partial charge is 0.378 e. The van der Waals surface area contributed by atoms with Crippen LogP contribution in [0.1, 0.15) is 5.56 Å². The van der Waals surface area contributed by atoms with Crippen molar-refractivity contribution < 1.29 is 0 Å². The van der Waals surface area contributed by atoms with Crippen molar-refractivity contribution in [3.63, 3.8) is 0 Å². The van der Waals surface area contributed by atoms with Gasteiger partial charge in [-0.2, -0.15) is 9.50 Å². The van der Waals surface area contributed by atoms with Gasteiger partial charge in [-0.15, -0.1) is 0 Å². The van der Waals surface area contributed by atoms with Crippen LogP contribution in [0.2, 0.25) is 0 Å². The Morgan fingerprint density at radius 1 is 1.04 bits per heavy atom. The summed E-state index contributed by atoms with van der Waals surface area (Å²) < 4.78 is 1.34. The van der Waals surface area contributed by atoms with E-state index < -0.39 is 0 Å². The Morgan fingerprint density at radius 2 is 1.78 bits per heavy atom. The second kappa shape index (κ2) is 6.95. The summed E-state index contributed by atoms with van der Waals surface area (Å²) in [6, 6.07) is 19.3. The number of aromatic nitrogens is 4. The van der Waals surface area contributed by atoms with Crippen LogP contribution in [0.3, 0.4) is 0 Å². The molecule has 0 aliphatic carbocycles. The quantitative estimate of drug-likeness (QED) is 0.572. The van der Waals surface area contributed by atoms with E-state index in [4.69, 9.17) is 0 Å². The summed E-state index contributed by atoms with van der Waals surface area (Å²) in [6.07, 6.45) is 0. The third-order valence-electron chi connectivity index (χ3n) is 4.31. The normalized spacial score (nSPS) is 10.9. The molecular formula is C20H20N6O. The summed E-state index contributed by atoms with van der Waals surface area (Å²) >= 11 is 0. The number of hydrogen-bond donors (Lipinski definition) is 2. The summed E-state index contributed by atoms with van der Waals surface area (Å²) in [7, 11) is 4.02. The topological polar surface area (TPSA) is 78.3 Å². The molecule has 0 aliphatic heterocycles. The average Bonchev–Trinajstić information content (AvgIpc) is 3.11. The van der Waals surface area contributed by atoms with E-state index in [0.29, 0.717) is 24.0 Å². The van der Waals surface area contributed by atoms with Crippen LogP contribution in [0.4, 0.5) is 11.6 Å². The van der Waals surface area contributed by atoms with Gasteiger partial charge in [-0.1, -0.05) is 42.5 Å². The van der Waals surface area contributed by atoms with Gasteiger partial charge in [0.05, 0.1) is 5.69 Å². The zero-order chi connectivity index (χ0) is 18.8. The molecule has 0 unspecified atom stereocenters. The predicted molar refractivity (Wildman–Crippen MR) is 107 cm³/mol. The first-order valence-corrected chi connectivity index (χ1v) is 8.65. The van der Waals surface area contributed by atoms with Crippen LogP contribution in [0.5, 0.6) is 0 Å². The Balaban J connectivity index is 1.56. The second-order valence-corrected chi connectivity index (χ2v) is 6.47. The number of aromatic amines is 1. The van der Waals surface area contributed by atoms with Crippen LogP contribution < -0.4 is 15.8 Å². The highest BCUT2D eigenvalue weighted by Gasteiger charge is 2.09. The van der Waals surface area contributed by atoms with E-state index in [-0.39, 0.29) is 5.56 Å². The molecule has 2 aromatic carbocycles. The molecule has 2 aromatic heterocycles. The van der Waals surface area contributed by atoms with Gasteiger partial charge in [-0.05, 0) is 17.7 Å². The first kappa shape index (κ1) is 16.8. The van der Waals surface area contributed by atoms with Crippen molar-refractivity contribution >= 4 is 17.4 Å². The lowest BCUT2D eigenvalue weighted by Crippen LogP contribution is -2.14. The minimum atomic E-state index is -0.199. The highest BCUT2D eigenvalue weighted by Crippen LogP contribution is 2.16. The molecule has 0 bridgehead atoms. The zero-order valence-corrected chi connectivity index (χ0v) is 15.2. The molecule has 4 rings (SSSR count). The molecule has 7 nitrogen and oxygen atoms in total. The fraction of sp³-hybridized carbons (Fsp3) is 0.150. The molecule has 2 heterocycles. The van der Waals surface area contributed by atoms with Crippen LogP contribution >= 0.6 is 0 Å². The van der Waals surface area contributed by atoms with E-state index in [1.165, 1.54) is 10.6 Å². The van der Waals surface area contributed by atoms with Gasteiger partial charge in [-0.3, -0.25) is 9.89 Å². The summed E-state index contributed by atoms with van der Waals surface area (Å²) in [5.41, 5.74) is 3.56. The van der Waals surface area contributed by atoms with Crippen LogP contribution in [0.15, 0.2) is 65.5 Å². The molecule has 0 saturated carbocycles. The maximum atomic E-state index is 12.4. The number of rotatable bonds is 5. The summed E-state index contributed by atoms with van der Waals surface area (Å²) in [5, 5.41) is 6.16. The minimum absolute atomic E-state index is 0.199. The fourth-order valence-electron chi connectivity index (χ4n) is 2.81. The minimum Gasteiger partial charge on any atom is -0.378 e. The Bertz CT molecular complexity index is 1110. The summed E-state index contributed by atoms with van der Waals surface area (Å²) in [6.45, 7) is 0.591. The van der Waals surface area contributed by atoms with Crippen molar-refractivity contribution in [3.8, 4) is 11.3 Å². The average molecular weight is 360 g/mol. The van der Waals surface area contributed by atoms with Crippen molar-refractivity contribution in [2.45, 2.75) is 6.54 Å². The number of nitrogens with one attached hydrogen (secondary N) is 2. The third kappa shape index (κ3) is 3.52. The van der Waals surface area contributed by atoms with Gasteiger partial charge in [-0.25, -0.2) is 4.98 Å². The van der Waals surface area contributed by atoms with E-state index in [1.807, 2.05) is 44.4 Å². The van der Waals surface area contributed by atoms with Gasteiger partial charge in [0.15, 0.2) is 0 Å². The van der Waals surface area contributed by atoms with E-state index in [1.54, 1.807) is 0 Å². The van der Waals surface area contributed by atoms with Crippen molar-refractivity contribution in [1.82, 2.24) is 19.6 Å². The lowest BCUT2D eigenvalue weighted by Gasteiger charge is -2.12. The highest BCUT2D eigenvalue weighted by molar-refractivity contribution is 5.60. The number of H-pyrrole nitrogens is 1. The standard InChI is InChI=1S/C20H20N6O/c1-25(2)16-10-8-14(9-11-16)13-21-19-23-20-22-17(12-18(27)26(20)24-19)15-6-4-3-5-7-15/h3-12H,13H2,1-2H3,(H2,21,22,23,24). The lowest BCUT2D eigenvalue weighted by atomic mass is 10.1. The van der Waals surface area contributed by atoms with Crippen molar-refractivity contribution in [2.75, 3.05) is 24.3 Å².